The molecule has 0 unspecified atom stereocenters. The number of benzene rings is 2. The van der Waals surface area contributed by atoms with E-state index in [4.69, 9.17) is 11.2 Å². The number of ether oxygens (including phenoxy) is 1. The summed E-state index contributed by atoms with van der Waals surface area (Å²) in [5.74, 6) is -0.886. The highest BCUT2D eigenvalue weighted by Crippen LogP contribution is 2.42. The highest BCUT2D eigenvalue weighted by Gasteiger charge is 2.49. The molecule has 3 saturated heterocycles. The van der Waals surface area contributed by atoms with E-state index in [0.717, 1.165) is 25.5 Å². The lowest BCUT2D eigenvalue weighted by atomic mass is 9.95. The molecule has 3 fully saturated rings. The molecule has 10 nitrogen and oxygen atoms in total. The zero-order valence-corrected chi connectivity index (χ0v) is 28.5. The third kappa shape index (κ3) is 5.95. The Bertz CT molecular complexity index is 2290. The highest BCUT2D eigenvalue weighted by molar-refractivity contribution is 7.10. The number of anilines is 1. The average molecular weight is 730 g/mol. The Morgan fingerprint density at radius 2 is 1.98 bits per heavy atom. The number of phenolic OH excluding ortho intramolecular Hbond substituents is 1. The largest absolute Gasteiger partial charge is 0.508 e. The van der Waals surface area contributed by atoms with Gasteiger partial charge >= 0.3 is 6.01 Å². The Balaban J connectivity index is 1.18. The molecule has 3 aliphatic heterocycles. The number of carbonyl (C=O) groups is 1. The molecule has 52 heavy (non-hydrogen) atoms. The van der Waals surface area contributed by atoms with Gasteiger partial charge in [-0.15, -0.1) is 17.8 Å². The molecule has 0 saturated carbocycles. The minimum Gasteiger partial charge on any atom is -0.508 e. The van der Waals surface area contributed by atoms with E-state index in [1.807, 2.05) is 4.90 Å². The number of amides is 1. The van der Waals surface area contributed by atoms with E-state index in [9.17, 15) is 23.1 Å². The minimum atomic E-state index is -0.988. The number of piperazine rings is 1. The van der Waals surface area contributed by atoms with Gasteiger partial charge in [0.1, 0.15) is 46.4 Å². The summed E-state index contributed by atoms with van der Waals surface area (Å²) in [5.41, 5.74) is -0.982. The molecule has 2 aromatic carbocycles. The summed E-state index contributed by atoms with van der Waals surface area (Å²) in [4.78, 5) is 35.8. The molecule has 0 bridgehead atoms. The van der Waals surface area contributed by atoms with Crippen molar-refractivity contribution in [3.63, 3.8) is 0 Å². The zero-order chi connectivity index (χ0) is 36.1. The number of terminal acetylenes is 1. The van der Waals surface area contributed by atoms with Crippen molar-refractivity contribution in [2.45, 2.75) is 31.0 Å². The first-order chi connectivity index (χ1) is 25.1. The van der Waals surface area contributed by atoms with Crippen molar-refractivity contribution in [3.8, 4) is 35.4 Å². The fraction of sp³-hybridized carbons (Fsp3) is 0.324. The van der Waals surface area contributed by atoms with Crippen LogP contribution in [0.5, 0.6) is 11.8 Å². The van der Waals surface area contributed by atoms with Crippen LogP contribution in [0.1, 0.15) is 29.8 Å². The maximum Gasteiger partial charge on any atom is 0.319 e. The molecule has 266 valence electrons. The van der Waals surface area contributed by atoms with Gasteiger partial charge in [-0.3, -0.25) is 14.7 Å². The standard InChI is InChI=1S/C37H31F4N7O3S/c1-2-24-27(39)5-4-21-14-23(49)15-25(30(21)24)32-31(41)33-26(18-43-32)34(45-36(44-33)51-20-37-6-3-8-48(37)19-22(38)17-37)46-9-11-47(12-10-46)35(50)28(40)16-29-42-7-13-52-29/h1,4-5,7,13-16,18,22,49H,3,6,8-12,17,19-20H2/b28-16-/t22-,37+/m1/s1. The van der Waals surface area contributed by atoms with Crippen molar-refractivity contribution in [1.82, 2.24) is 29.7 Å². The topological polar surface area (TPSA) is 108 Å². The van der Waals surface area contributed by atoms with Crippen molar-refractivity contribution >= 4 is 50.8 Å². The van der Waals surface area contributed by atoms with Crippen LogP contribution in [0.15, 0.2) is 47.9 Å². The van der Waals surface area contributed by atoms with E-state index < -0.39 is 35.1 Å². The lowest BCUT2D eigenvalue weighted by Crippen LogP contribution is -2.49. The van der Waals surface area contributed by atoms with Crippen LogP contribution in [0.2, 0.25) is 0 Å². The van der Waals surface area contributed by atoms with E-state index in [2.05, 4.69) is 30.8 Å². The van der Waals surface area contributed by atoms with Gasteiger partial charge in [-0.05, 0) is 43.0 Å². The molecule has 0 radical (unpaired) electrons. The molecule has 5 aromatic rings. The summed E-state index contributed by atoms with van der Waals surface area (Å²) in [6, 6.07) is 5.12. The molecule has 3 aromatic heterocycles. The molecule has 3 aliphatic rings. The molecule has 2 atom stereocenters. The number of alkyl halides is 1. The molecular weight excluding hydrogens is 699 g/mol. The number of thiazole rings is 1. The zero-order valence-electron chi connectivity index (χ0n) is 27.7. The van der Waals surface area contributed by atoms with Gasteiger partial charge < -0.3 is 19.6 Å². The van der Waals surface area contributed by atoms with Crippen LogP contribution in [-0.2, 0) is 4.79 Å². The normalized spacial score (nSPS) is 20.8. The number of rotatable bonds is 7. The third-order valence-corrected chi connectivity index (χ3v) is 10.8. The SMILES string of the molecule is C#Cc1c(F)ccc2cc(O)cc(-c3ncc4c(N5CCN(C(=O)/C(F)=C/c6nccs6)CC5)nc(OC[C@@]56CCCN5C[C@H](F)C6)nc4c3F)c12. The minimum absolute atomic E-state index is 0.0601. The van der Waals surface area contributed by atoms with E-state index >= 15 is 4.39 Å². The molecule has 0 spiro atoms. The van der Waals surface area contributed by atoms with Gasteiger partial charge in [0.2, 0.25) is 0 Å². The van der Waals surface area contributed by atoms with Crippen LogP contribution in [-0.4, -0.2) is 98.3 Å². The van der Waals surface area contributed by atoms with Gasteiger partial charge in [0.25, 0.3) is 5.91 Å². The first kappa shape index (κ1) is 33.8. The summed E-state index contributed by atoms with van der Waals surface area (Å²) in [6.07, 6.45) is 10.6. The van der Waals surface area contributed by atoms with E-state index in [1.165, 1.54) is 52.9 Å². The Morgan fingerprint density at radius 1 is 1.15 bits per heavy atom. The van der Waals surface area contributed by atoms with Gasteiger partial charge in [-0.25, -0.2) is 22.5 Å². The number of carbonyl (C=O) groups excluding carboxylic acids is 1. The number of fused-ring (bicyclic) bond motifs is 3. The molecular formula is C37H31F4N7O3S. The van der Waals surface area contributed by atoms with Crippen LogP contribution < -0.4 is 9.64 Å². The monoisotopic (exact) mass is 729 g/mol. The van der Waals surface area contributed by atoms with Gasteiger partial charge in [0.05, 0.1) is 16.5 Å². The van der Waals surface area contributed by atoms with Crippen molar-refractivity contribution in [3.05, 3.63) is 70.1 Å². The van der Waals surface area contributed by atoms with Crippen molar-refractivity contribution in [1.29, 1.82) is 0 Å². The van der Waals surface area contributed by atoms with E-state index in [-0.39, 0.29) is 83.5 Å². The van der Waals surface area contributed by atoms with Crippen LogP contribution in [0.4, 0.5) is 23.4 Å². The molecule has 6 heterocycles. The Morgan fingerprint density at radius 3 is 2.75 bits per heavy atom. The summed E-state index contributed by atoms with van der Waals surface area (Å²) in [5, 5.41) is 13.4. The maximum absolute atomic E-state index is 16.9. The average Bonchev–Trinajstić information content (AvgIpc) is 3.87. The van der Waals surface area contributed by atoms with Crippen LogP contribution in [0.3, 0.4) is 0 Å². The number of aromatic hydroxyl groups is 1. The van der Waals surface area contributed by atoms with Crippen LogP contribution in [0.25, 0.3) is 39.0 Å². The second-order valence-electron chi connectivity index (χ2n) is 13.2. The van der Waals surface area contributed by atoms with E-state index in [1.54, 1.807) is 5.38 Å². The van der Waals surface area contributed by atoms with Gasteiger partial charge in [0, 0.05) is 73.9 Å². The number of phenols is 1. The van der Waals surface area contributed by atoms with Crippen molar-refractivity contribution < 1.29 is 32.2 Å². The van der Waals surface area contributed by atoms with E-state index in [0.29, 0.717) is 23.4 Å². The van der Waals surface area contributed by atoms with Crippen LogP contribution in [0, 0.1) is 24.0 Å². The first-order valence-electron chi connectivity index (χ1n) is 16.8. The van der Waals surface area contributed by atoms with Crippen LogP contribution >= 0.6 is 11.3 Å². The van der Waals surface area contributed by atoms with Gasteiger partial charge in [-0.1, -0.05) is 12.0 Å². The summed E-state index contributed by atoms with van der Waals surface area (Å²) in [6.45, 7) is 1.87. The number of hydrogen-bond acceptors (Lipinski definition) is 10. The summed E-state index contributed by atoms with van der Waals surface area (Å²) >= 11 is 1.21. The smallest absolute Gasteiger partial charge is 0.319 e. The Kier molecular flexibility index (Phi) is 8.67. The second-order valence-corrected chi connectivity index (χ2v) is 14.1. The Hall–Kier alpha value is -5.33. The lowest BCUT2D eigenvalue weighted by Gasteiger charge is -2.35. The third-order valence-electron chi connectivity index (χ3n) is 10.1. The summed E-state index contributed by atoms with van der Waals surface area (Å²) in [7, 11) is 0. The molecule has 1 N–H and O–H groups in total. The Labute approximate surface area is 299 Å². The molecule has 1 amide bonds. The quantitative estimate of drug-likeness (QED) is 0.125. The highest BCUT2D eigenvalue weighted by atomic mass is 32.1. The number of halogens is 4. The molecule has 0 aliphatic carbocycles. The number of pyridine rings is 1. The van der Waals surface area contributed by atoms with Crippen molar-refractivity contribution in [2.75, 3.05) is 50.8 Å². The number of aromatic nitrogens is 4. The fourth-order valence-electron chi connectivity index (χ4n) is 7.66. The molecule has 15 heteroatoms. The fourth-order valence-corrected chi connectivity index (χ4v) is 8.22. The number of hydrogen-bond donors (Lipinski definition) is 1. The first-order valence-corrected chi connectivity index (χ1v) is 17.6. The maximum atomic E-state index is 16.9. The predicted octanol–water partition coefficient (Wildman–Crippen LogP) is 5.88. The van der Waals surface area contributed by atoms with Gasteiger partial charge in [-0.2, -0.15) is 9.97 Å². The lowest BCUT2D eigenvalue weighted by molar-refractivity contribution is -0.128. The molecule has 8 rings (SSSR count). The number of nitrogens with zero attached hydrogens (tertiary/aromatic N) is 7. The van der Waals surface area contributed by atoms with Crippen molar-refractivity contribution in [2.24, 2.45) is 0 Å². The second kappa shape index (κ2) is 13.3. The summed E-state index contributed by atoms with van der Waals surface area (Å²) < 4.78 is 67.3. The van der Waals surface area contributed by atoms with Gasteiger partial charge in [0.15, 0.2) is 11.6 Å². The predicted molar refractivity (Wildman–Crippen MR) is 188 cm³/mol.